The Morgan fingerprint density at radius 3 is 2.45 bits per heavy atom. The van der Waals surface area contributed by atoms with Crippen LogP contribution in [0.25, 0.3) is 0 Å². The standard InChI is InChI=1S/C13H11N3O5S/c14-13(17)9-4-3-5-10(8-9)15-22(20,21)12-7-2-1-6-11(12)16(18)19/h1-8,15H,(H2,14,17)/p-1. The van der Waals surface area contributed by atoms with Crippen molar-refractivity contribution in [2.45, 2.75) is 4.90 Å². The highest BCUT2D eigenvalue weighted by molar-refractivity contribution is 7.92. The lowest BCUT2D eigenvalue weighted by Gasteiger charge is -2.11. The number of sulfonamides is 1. The normalized spacial score (nSPS) is 10.9. The maximum atomic E-state index is 12.3. The summed E-state index contributed by atoms with van der Waals surface area (Å²) in [6.07, 6.45) is 0. The first-order valence-corrected chi connectivity index (χ1v) is 7.42. The van der Waals surface area contributed by atoms with Crippen molar-refractivity contribution in [2.75, 3.05) is 4.72 Å². The van der Waals surface area contributed by atoms with E-state index in [9.17, 15) is 23.6 Å². The number of benzene rings is 2. The molecule has 0 unspecified atom stereocenters. The van der Waals surface area contributed by atoms with Crippen LogP contribution in [0.1, 0.15) is 5.56 Å². The molecule has 0 fully saturated rings. The third-order valence-corrected chi connectivity index (χ3v) is 4.16. The smallest absolute Gasteiger partial charge is 0.289 e. The number of nitro groups is 1. The summed E-state index contributed by atoms with van der Waals surface area (Å²) in [5.41, 5.74) is -0.512. The zero-order valence-corrected chi connectivity index (χ0v) is 11.8. The summed E-state index contributed by atoms with van der Waals surface area (Å²) >= 11 is 0. The van der Waals surface area contributed by atoms with Gasteiger partial charge in [0.05, 0.1) is 4.92 Å². The van der Waals surface area contributed by atoms with Gasteiger partial charge < -0.3 is 10.5 Å². The van der Waals surface area contributed by atoms with Crippen LogP contribution in [0.2, 0.25) is 0 Å². The molecule has 114 valence electrons. The Balaban J connectivity index is 2.43. The van der Waals surface area contributed by atoms with Gasteiger partial charge in [-0.3, -0.25) is 14.8 Å². The van der Waals surface area contributed by atoms with Crippen molar-refractivity contribution >= 4 is 27.3 Å². The van der Waals surface area contributed by atoms with Gasteiger partial charge in [0, 0.05) is 11.8 Å². The molecule has 22 heavy (non-hydrogen) atoms. The van der Waals surface area contributed by atoms with Crippen LogP contribution in [0.3, 0.4) is 0 Å². The lowest BCUT2D eigenvalue weighted by atomic mass is 10.2. The number of hydrogen-bond acceptors (Lipinski definition) is 6. The minimum absolute atomic E-state index is 0.00256. The van der Waals surface area contributed by atoms with Crippen molar-refractivity contribution in [3.05, 3.63) is 64.2 Å². The van der Waals surface area contributed by atoms with Crippen molar-refractivity contribution in [2.24, 2.45) is 0 Å². The predicted octanol–water partition coefficient (Wildman–Crippen LogP) is 1.08. The summed E-state index contributed by atoms with van der Waals surface area (Å²) in [6.45, 7) is 0. The van der Waals surface area contributed by atoms with E-state index in [1.54, 1.807) is 0 Å². The maximum Gasteiger partial charge on any atom is 0.289 e. The fraction of sp³-hybridized carbons (Fsp3) is 0. The van der Waals surface area contributed by atoms with Crippen LogP contribution >= 0.6 is 0 Å². The van der Waals surface area contributed by atoms with Gasteiger partial charge in [-0.2, -0.15) is 0 Å². The van der Waals surface area contributed by atoms with Crippen LogP contribution in [0.4, 0.5) is 11.4 Å². The maximum absolute atomic E-state index is 12.3. The summed E-state index contributed by atoms with van der Waals surface area (Å²) in [7, 11) is -4.20. The SMILES string of the molecule is N=C([O-])c1cccc(NS(=O)(=O)c2ccccc2[N+](=O)[O-])c1. The van der Waals surface area contributed by atoms with Crippen molar-refractivity contribution in [1.29, 1.82) is 5.41 Å². The second-order valence-corrected chi connectivity index (χ2v) is 5.89. The van der Waals surface area contributed by atoms with Gasteiger partial charge in [-0.15, -0.1) is 0 Å². The first kappa shape index (κ1) is 15.4. The van der Waals surface area contributed by atoms with E-state index in [0.29, 0.717) is 0 Å². The van der Waals surface area contributed by atoms with E-state index >= 15 is 0 Å². The number of anilines is 1. The van der Waals surface area contributed by atoms with Crippen LogP contribution in [0.5, 0.6) is 0 Å². The molecule has 0 atom stereocenters. The second-order valence-electron chi connectivity index (χ2n) is 4.24. The highest BCUT2D eigenvalue weighted by Gasteiger charge is 2.25. The number of nitro benzene ring substituents is 1. The summed E-state index contributed by atoms with van der Waals surface area (Å²) in [4.78, 5) is 9.63. The van der Waals surface area contributed by atoms with Gasteiger partial charge in [-0.05, 0) is 29.7 Å². The molecule has 2 rings (SSSR count). The molecule has 0 aliphatic rings. The van der Waals surface area contributed by atoms with Crippen molar-refractivity contribution in [1.82, 2.24) is 0 Å². The highest BCUT2D eigenvalue weighted by atomic mass is 32.2. The van der Waals surface area contributed by atoms with Crippen molar-refractivity contribution < 1.29 is 18.4 Å². The fourth-order valence-corrected chi connectivity index (χ4v) is 2.99. The molecule has 0 aromatic heterocycles. The Morgan fingerprint density at radius 1 is 1.14 bits per heavy atom. The lowest BCUT2D eigenvalue weighted by molar-refractivity contribution is -0.387. The molecule has 0 bridgehead atoms. The molecule has 0 saturated carbocycles. The molecular formula is C13H10N3O5S-. The third-order valence-electron chi connectivity index (χ3n) is 2.73. The Bertz CT molecular complexity index is 848. The zero-order valence-electron chi connectivity index (χ0n) is 11.0. The molecular weight excluding hydrogens is 310 g/mol. The van der Waals surface area contributed by atoms with E-state index in [1.165, 1.54) is 36.4 Å². The minimum Gasteiger partial charge on any atom is -0.859 e. The van der Waals surface area contributed by atoms with Crippen LogP contribution in [-0.2, 0) is 10.0 Å². The molecule has 0 amide bonds. The van der Waals surface area contributed by atoms with E-state index in [0.717, 1.165) is 12.1 Å². The minimum atomic E-state index is -4.20. The molecule has 8 nitrogen and oxygen atoms in total. The number of hydrogen-bond donors (Lipinski definition) is 2. The Hall–Kier alpha value is -2.94. The van der Waals surface area contributed by atoms with E-state index in [4.69, 9.17) is 5.41 Å². The van der Waals surface area contributed by atoms with Gasteiger partial charge in [0.15, 0.2) is 4.90 Å². The summed E-state index contributed by atoms with van der Waals surface area (Å²) < 4.78 is 26.7. The van der Waals surface area contributed by atoms with Gasteiger partial charge in [0.1, 0.15) is 0 Å². The van der Waals surface area contributed by atoms with Crippen LogP contribution in [0, 0.1) is 15.5 Å². The van der Waals surface area contributed by atoms with Gasteiger partial charge in [0.2, 0.25) is 0 Å². The molecule has 2 aromatic carbocycles. The molecule has 2 aromatic rings. The second kappa shape index (κ2) is 5.82. The van der Waals surface area contributed by atoms with Gasteiger partial charge in [0.25, 0.3) is 15.7 Å². The van der Waals surface area contributed by atoms with E-state index in [-0.39, 0.29) is 11.3 Å². The third kappa shape index (κ3) is 3.20. The monoisotopic (exact) mass is 320 g/mol. The van der Waals surface area contributed by atoms with Gasteiger partial charge in [-0.25, -0.2) is 8.42 Å². The van der Waals surface area contributed by atoms with E-state index < -0.39 is 31.4 Å². The Kier molecular flexibility index (Phi) is 4.08. The number of rotatable bonds is 5. The molecule has 0 aliphatic heterocycles. The topological polar surface area (TPSA) is 136 Å². The number of nitrogens with zero attached hydrogens (tertiary/aromatic N) is 1. The van der Waals surface area contributed by atoms with Gasteiger partial charge >= 0.3 is 0 Å². The van der Waals surface area contributed by atoms with E-state index in [2.05, 4.69) is 4.72 Å². The highest BCUT2D eigenvalue weighted by Crippen LogP contribution is 2.25. The quantitative estimate of drug-likeness (QED) is 0.367. The molecule has 2 N–H and O–H groups in total. The zero-order chi connectivity index (χ0) is 16.3. The number of nitrogens with one attached hydrogen (secondary N) is 2. The summed E-state index contributed by atoms with van der Waals surface area (Å²) in [5.74, 6) is -0.966. The van der Waals surface area contributed by atoms with Crippen LogP contribution in [0.15, 0.2) is 53.4 Å². The molecule has 9 heteroatoms. The van der Waals surface area contributed by atoms with Gasteiger partial charge in [-0.1, -0.05) is 24.3 Å². The van der Waals surface area contributed by atoms with Crippen molar-refractivity contribution in [3.63, 3.8) is 0 Å². The number of para-hydroxylation sites is 1. The summed E-state index contributed by atoms with van der Waals surface area (Å²) in [6, 6.07) is 10.2. The van der Waals surface area contributed by atoms with Crippen molar-refractivity contribution in [3.8, 4) is 0 Å². The Labute approximate surface area is 125 Å². The molecule has 0 aliphatic carbocycles. The molecule has 0 saturated heterocycles. The summed E-state index contributed by atoms with van der Waals surface area (Å²) in [5, 5.41) is 28.9. The predicted molar refractivity (Wildman–Crippen MR) is 77.2 cm³/mol. The molecule has 0 radical (unpaired) electrons. The molecule has 0 spiro atoms. The average Bonchev–Trinajstić information content (AvgIpc) is 2.47. The fourth-order valence-electron chi connectivity index (χ4n) is 1.77. The Morgan fingerprint density at radius 2 is 1.82 bits per heavy atom. The first-order valence-electron chi connectivity index (χ1n) is 5.93. The largest absolute Gasteiger partial charge is 0.859 e. The van der Waals surface area contributed by atoms with Crippen LogP contribution in [-0.4, -0.2) is 19.2 Å². The lowest BCUT2D eigenvalue weighted by Crippen LogP contribution is -2.18. The molecule has 0 heterocycles. The van der Waals surface area contributed by atoms with E-state index in [1.807, 2.05) is 0 Å². The first-order chi connectivity index (χ1) is 10.3. The van der Waals surface area contributed by atoms with Crippen LogP contribution < -0.4 is 9.83 Å². The average molecular weight is 320 g/mol.